The van der Waals surface area contributed by atoms with Gasteiger partial charge in [0.15, 0.2) is 0 Å². The number of hydrogen-bond acceptors (Lipinski definition) is 2. The number of rotatable bonds is 8. The minimum atomic E-state index is -3.16. The molecule has 0 bridgehead atoms. The summed E-state index contributed by atoms with van der Waals surface area (Å²) in [5.41, 5.74) is 0.595. The third kappa shape index (κ3) is 5.21. The topological polar surface area (TPSA) is 64.7 Å². The van der Waals surface area contributed by atoms with Crippen LogP contribution < -0.4 is 10.4 Å². The Hall–Kier alpha value is -1.07. The Labute approximate surface area is 143 Å². The first kappa shape index (κ1) is 20.0. The van der Waals surface area contributed by atoms with Crippen molar-refractivity contribution in [3.8, 4) is 0 Å². The molecule has 0 fully saturated rings. The van der Waals surface area contributed by atoms with Crippen molar-refractivity contribution in [3.05, 3.63) is 29.3 Å². The summed E-state index contributed by atoms with van der Waals surface area (Å²) >= 11 is 5.83. The van der Waals surface area contributed by atoms with Crippen LogP contribution in [0.4, 0.5) is 10.5 Å². The van der Waals surface area contributed by atoms with Crippen LogP contribution in [0.1, 0.15) is 27.7 Å². The summed E-state index contributed by atoms with van der Waals surface area (Å²) in [6.45, 7) is 10.1. The van der Waals surface area contributed by atoms with E-state index >= 15 is 0 Å². The zero-order valence-corrected chi connectivity index (χ0v) is 15.8. The van der Waals surface area contributed by atoms with Crippen molar-refractivity contribution in [2.24, 2.45) is 0 Å². The molecule has 8 heteroatoms. The molecular weight excluding hydrogens is 335 g/mol. The normalized spacial score (nSPS) is 11.8. The SMILES string of the molecule is CCN(CC)P(=O)(NC(=O)Nc1ccc(Cl)cc1)N(CC)CC. The molecule has 2 N–H and O–H groups in total. The Bertz CT molecular complexity index is 529. The number of amides is 2. The van der Waals surface area contributed by atoms with Gasteiger partial charge in [0.2, 0.25) is 0 Å². The van der Waals surface area contributed by atoms with Gasteiger partial charge < -0.3 is 5.32 Å². The van der Waals surface area contributed by atoms with Crippen molar-refractivity contribution in [1.82, 2.24) is 14.4 Å². The fourth-order valence-corrected chi connectivity index (χ4v) is 4.98. The summed E-state index contributed by atoms with van der Waals surface area (Å²) in [4.78, 5) is 12.3. The summed E-state index contributed by atoms with van der Waals surface area (Å²) in [7, 11) is -3.16. The molecular formula is C15H26ClN4O2P. The fourth-order valence-electron chi connectivity index (χ4n) is 2.36. The van der Waals surface area contributed by atoms with Gasteiger partial charge in [-0.3, -0.25) is 9.65 Å². The lowest BCUT2D eigenvalue weighted by molar-refractivity contribution is 0.253. The van der Waals surface area contributed by atoms with E-state index in [4.69, 9.17) is 11.6 Å². The first-order valence-corrected chi connectivity index (χ1v) is 9.85. The van der Waals surface area contributed by atoms with Crippen LogP contribution in [0.15, 0.2) is 24.3 Å². The second-order valence-corrected chi connectivity index (χ2v) is 7.77. The Balaban J connectivity index is 2.93. The molecule has 0 aliphatic carbocycles. The van der Waals surface area contributed by atoms with Gasteiger partial charge in [0.25, 0.3) is 0 Å². The molecule has 0 saturated carbocycles. The van der Waals surface area contributed by atoms with Gasteiger partial charge in [0, 0.05) is 36.9 Å². The number of halogens is 1. The summed E-state index contributed by atoms with van der Waals surface area (Å²) in [6.07, 6.45) is 0. The minimum absolute atomic E-state index is 0.491. The van der Waals surface area contributed by atoms with Crippen LogP contribution in [0.3, 0.4) is 0 Å². The van der Waals surface area contributed by atoms with Crippen molar-refractivity contribution >= 4 is 30.9 Å². The maximum absolute atomic E-state index is 13.5. The second-order valence-electron chi connectivity index (χ2n) is 4.89. The van der Waals surface area contributed by atoms with Gasteiger partial charge in [0.1, 0.15) is 0 Å². The Morgan fingerprint density at radius 2 is 1.43 bits per heavy atom. The molecule has 1 aromatic carbocycles. The van der Waals surface area contributed by atoms with E-state index in [1.165, 1.54) is 0 Å². The quantitative estimate of drug-likeness (QED) is 0.680. The Morgan fingerprint density at radius 3 is 1.83 bits per heavy atom. The molecule has 0 atom stereocenters. The van der Waals surface area contributed by atoms with E-state index in [-0.39, 0.29) is 0 Å². The number of anilines is 1. The van der Waals surface area contributed by atoms with Crippen LogP contribution >= 0.6 is 19.2 Å². The average Bonchev–Trinajstić information content (AvgIpc) is 2.51. The molecule has 2 amide bonds. The first-order chi connectivity index (χ1) is 10.9. The van der Waals surface area contributed by atoms with E-state index in [0.717, 1.165) is 0 Å². The molecule has 130 valence electrons. The third-order valence-corrected chi connectivity index (χ3v) is 6.99. The van der Waals surface area contributed by atoms with E-state index in [1.54, 1.807) is 33.6 Å². The number of hydrogen-bond donors (Lipinski definition) is 2. The van der Waals surface area contributed by atoms with E-state index < -0.39 is 13.6 Å². The van der Waals surface area contributed by atoms with E-state index in [9.17, 15) is 9.36 Å². The highest BCUT2D eigenvalue weighted by atomic mass is 35.5. The van der Waals surface area contributed by atoms with Crippen molar-refractivity contribution < 1.29 is 9.36 Å². The number of carbonyl (C=O) groups is 1. The maximum Gasteiger partial charge on any atom is 0.326 e. The molecule has 0 unspecified atom stereocenters. The monoisotopic (exact) mass is 360 g/mol. The number of nitrogens with one attached hydrogen (secondary N) is 2. The highest BCUT2D eigenvalue weighted by Gasteiger charge is 2.36. The molecule has 0 aliphatic rings. The predicted molar refractivity (Wildman–Crippen MR) is 97.1 cm³/mol. The summed E-state index contributed by atoms with van der Waals surface area (Å²) < 4.78 is 17.0. The standard InChI is InChI=1S/C15H26ClN4O2P/c1-5-19(6-2)23(22,20(7-3)8-4)18-15(21)17-14-11-9-13(16)10-12-14/h9-12H,5-8H2,1-4H3,(H2,17,18,21,22). The van der Waals surface area contributed by atoms with Crippen molar-refractivity contribution in [1.29, 1.82) is 0 Å². The molecule has 0 aromatic heterocycles. The minimum Gasteiger partial charge on any atom is -0.308 e. The van der Waals surface area contributed by atoms with Gasteiger partial charge in [-0.2, -0.15) is 0 Å². The van der Waals surface area contributed by atoms with Crippen LogP contribution in [0.25, 0.3) is 0 Å². The van der Waals surface area contributed by atoms with Crippen molar-refractivity contribution in [2.75, 3.05) is 31.5 Å². The van der Waals surface area contributed by atoms with Gasteiger partial charge >= 0.3 is 13.6 Å². The van der Waals surface area contributed by atoms with Crippen LogP contribution in [0, 0.1) is 0 Å². The number of carbonyl (C=O) groups excluding carboxylic acids is 1. The molecule has 0 radical (unpaired) electrons. The van der Waals surface area contributed by atoms with Crippen molar-refractivity contribution in [3.63, 3.8) is 0 Å². The molecule has 0 aliphatic heterocycles. The second kappa shape index (κ2) is 9.28. The van der Waals surface area contributed by atoms with Gasteiger partial charge in [-0.1, -0.05) is 39.3 Å². The molecule has 1 aromatic rings. The lowest BCUT2D eigenvalue weighted by atomic mass is 10.3. The smallest absolute Gasteiger partial charge is 0.308 e. The fraction of sp³-hybridized carbons (Fsp3) is 0.533. The summed E-state index contributed by atoms with van der Waals surface area (Å²) in [6, 6.07) is 6.27. The molecule has 0 spiro atoms. The molecule has 1 rings (SSSR count). The largest absolute Gasteiger partial charge is 0.326 e. The molecule has 6 nitrogen and oxygen atoms in total. The van der Waals surface area contributed by atoms with Gasteiger partial charge in [-0.05, 0) is 24.3 Å². The summed E-state index contributed by atoms with van der Waals surface area (Å²) in [5, 5.41) is 5.97. The van der Waals surface area contributed by atoms with Gasteiger partial charge in [-0.15, -0.1) is 0 Å². The zero-order valence-electron chi connectivity index (χ0n) is 14.2. The van der Waals surface area contributed by atoms with Crippen LogP contribution in [-0.2, 0) is 4.57 Å². The third-order valence-electron chi connectivity index (χ3n) is 3.58. The van der Waals surface area contributed by atoms with Gasteiger partial charge in [-0.25, -0.2) is 14.1 Å². The van der Waals surface area contributed by atoms with Crippen LogP contribution in [0.5, 0.6) is 0 Å². The Morgan fingerprint density at radius 1 is 1.00 bits per heavy atom. The molecule has 0 saturated heterocycles. The zero-order chi connectivity index (χ0) is 17.5. The lowest BCUT2D eigenvalue weighted by Crippen LogP contribution is -2.42. The average molecular weight is 361 g/mol. The van der Waals surface area contributed by atoms with Crippen molar-refractivity contribution in [2.45, 2.75) is 27.7 Å². The van der Waals surface area contributed by atoms with Gasteiger partial charge in [0.05, 0.1) is 0 Å². The van der Waals surface area contributed by atoms with Crippen LogP contribution in [-0.4, -0.2) is 41.6 Å². The molecule has 23 heavy (non-hydrogen) atoms. The van der Waals surface area contributed by atoms with E-state index in [2.05, 4.69) is 10.4 Å². The number of urea groups is 1. The maximum atomic E-state index is 13.5. The van der Waals surface area contributed by atoms with E-state index in [1.807, 2.05) is 27.7 Å². The predicted octanol–water partition coefficient (Wildman–Crippen LogP) is 4.25. The van der Waals surface area contributed by atoms with Crippen LogP contribution in [0.2, 0.25) is 5.02 Å². The lowest BCUT2D eigenvalue weighted by Gasteiger charge is -2.37. The summed E-state index contributed by atoms with van der Waals surface area (Å²) in [5.74, 6) is 0. The highest BCUT2D eigenvalue weighted by molar-refractivity contribution is 7.57. The number of benzene rings is 1. The number of nitrogens with zero attached hydrogens (tertiary/aromatic N) is 2. The Kier molecular flexibility index (Phi) is 8.06. The first-order valence-electron chi connectivity index (χ1n) is 7.86. The van der Waals surface area contributed by atoms with E-state index in [0.29, 0.717) is 36.9 Å². The molecule has 0 heterocycles. The highest BCUT2D eigenvalue weighted by Crippen LogP contribution is 2.48.